The van der Waals surface area contributed by atoms with Crippen LogP contribution in [0.2, 0.25) is 0 Å². The predicted molar refractivity (Wildman–Crippen MR) is 69.1 cm³/mol. The van der Waals surface area contributed by atoms with Gasteiger partial charge in [-0.1, -0.05) is 18.2 Å². The van der Waals surface area contributed by atoms with Gasteiger partial charge in [-0.25, -0.2) is 4.98 Å². The second-order valence-corrected chi connectivity index (χ2v) is 3.88. The molecular formula is C13H14N4O. The van der Waals surface area contributed by atoms with E-state index in [0.717, 1.165) is 11.4 Å². The van der Waals surface area contributed by atoms with Gasteiger partial charge in [-0.15, -0.1) is 0 Å². The summed E-state index contributed by atoms with van der Waals surface area (Å²) < 4.78 is 0. The van der Waals surface area contributed by atoms with Gasteiger partial charge < -0.3 is 0 Å². The maximum absolute atomic E-state index is 11.9. The minimum atomic E-state index is -0.283. The number of hydrogen-bond acceptors (Lipinski definition) is 4. The molecule has 0 radical (unpaired) electrons. The molecule has 0 aliphatic rings. The fourth-order valence-electron chi connectivity index (χ4n) is 1.44. The lowest BCUT2D eigenvalue weighted by Gasteiger charge is -2.19. The zero-order valence-corrected chi connectivity index (χ0v) is 10.3. The molecule has 18 heavy (non-hydrogen) atoms. The first-order valence-corrected chi connectivity index (χ1v) is 5.55. The first-order chi connectivity index (χ1) is 8.66. The molecule has 0 unspecified atom stereocenters. The Kier molecular flexibility index (Phi) is 3.52. The van der Waals surface area contributed by atoms with Crippen molar-refractivity contribution in [1.29, 1.82) is 0 Å². The van der Waals surface area contributed by atoms with Gasteiger partial charge in [0.2, 0.25) is 0 Å². The molecule has 0 aliphatic heterocycles. The van der Waals surface area contributed by atoms with Crippen molar-refractivity contribution in [1.82, 2.24) is 15.4 Å². The number of nitrogens with zero attached hydrogens (tertiary/aromatic N) is 3. The molecule has 0 atom stereocenters. The number of nitrogens with one attached hydrogen (secondary N) is 1. The van der Waals surface area contributed by atoms with Gasteiger partial charge in [-0.3, -0.25) is 20.2 Å². The van der Waals surface area contributed by atoms with Gasteiger partial charge in [-0.05, 0) is 19.1 Å². The fraction of sp³-hybridized carbons (Fsp3) is 0.154. The van der Waals surface area contributed by atoms with E-state index in [1.54, 1.807) is 18.3 Å². The van der Waals surface area contributed by atoms with Crippen molar-refractivity contribution in [2.24, 2.45) is 0 Å². The standard InChI is InChI=1S/C13H14N4O/c1-10-8-15-12(9-14-10)13(18)16-17(2)11-6-4-3-5-7-11/h3-9H,1-2H3,(H,16,18). The van der Waals surface area contributed by atoms with E-state index in [2.05, 4.69) is 15.4 Å². The zero-order chi connectivity index (χ0) is 13.0. The number of hydrogen-bond donors (Lipinski definition) is 1. The summed E-state index contributed by atoms with van der Waals surface area (Å²) in [5, 5.41) is 1.64. The van der Waals surface area contributed by atoms with Crippen molar-refractivity contribution in [3.8, 4) is 0 Å². The quantitative estimate of drug-likeness (QED) is 0.830. The highest BCUT2D eigenvalue weighted by atomic mass is 16.2. The van der Waals surface area contributed by atoms with Crippen LogP contribution in [0.15, 0.2) is 42.7 Å². The predicted octanol–water partition coefficient (Wildman–Crippen LogP) is 1.57. The van der Waals surface area contributed by atoms with Gasteiger partial charge >= 0.3 is 0 Å². The first kappa shape index (κ1) is 12.0. The summed E-state index contributed by atoms with van der Waals surface area (Å²) >= 11 is 0. The van der Waals surface area contributed by atoms with Crippen molar-refractivity contribution in [2.75, 3.05) is 12.1 Å². The summed E-state index contributed by atoms with van der Waals surface area (Å²) in [6, 6.07) is 9.54. The van der Waals surface area contributed by atoms with Crippen LogP contribution in [-0.4, -0.2) is 22.9 Å². The molecule has 92 valence electrons. The molecule has 0 fully saturated rings. The number of aromatic nitrogens is 2. The number of anilines is 1. The molecule has 0 aliphatic carbocycles. The lowest BCUT2D eigenvalue weighted by atomic mass is 10.3. The van der Waals surface area contributed by atoms with Crippen LogP contribution in [0.3, 0.4) is 0 Å². The van der Waals surface area contributed by atoms with Crippen molar-refractivity contribution in [2.45, 2.75) is 6.92 Å². The monoisotopic (exact) mass is 242 g/mol. The maximum atomic E-state index is 11.9. The summed E-state index contributed by atoms with van der Waals surface area (Å²) in [4.78, 5) is 19.9. The van der Waals surface area contributed by atoms with E-state index in [9.17, 15) is 4.79 Å². The topological polar surface area (TPSA) is 58.1 Å². The third kappa shape index (κ3) is 2.82. The lowest BCUT2D eigenvalue weighted by molar-refractivity contribution is 0.0946. The minimum absolute atomic E-state index is 0.283. The van der Waals surface area contributed by atoms with E-state index in [0.29, 0.717) is 5.69 Å². The molecule has 0 saturated carbocycles. The minimum Gasteiger partial charge on any atom is -0.288 e. The highest BCUT2D eigenvalue weighted by Gasteiger charge is 2.09. The first-order valence-electron chi connectivity index (χ1n) is 5.55. The van der Waals surface area contributed by atoms with Crippen LogP contribution in [-0.2, 0) is 0 Å². The lowest BCUT2D eigenvalue weighted by Crippen LogP contribution is -2.39. The number of carbonyl (C=O) groups excluding carboxylic acids is 1. The molecule has 1 aromatic heterocycles. The van der Waals surface area contributed by atoms with Crippen LogP contribution in [0.4, 0.5) is 5.69 Å². The van der Waals surface area contributed by atoms with Gasteiger partial charge in [-0.2, -0.15) is 0 Å². The summed E-state index contributed by atoms with van der Waals surface area (Å²) in [6.45, 7) is 1.82. The number of aryl methyl sites for hydroxylation is 1. The Hall–Kier alpha value is -2.43. The molecule has 5 heteroatoms. The van der Waals surface area contributed by atoms with E-state index in [4.69, 9.17) is 0 Å². The number of carbonyl (C=O) groups is 1. The largest absolute Gasteiger partial charge is 0.289 e. The molecule has 1 amide bonds. The van der Waals surface area contributed by atoms with Crippen LogP contribution < -0.4 is 10.4 Å². The third-order valence-electron chi connectivity index (χ3n) is 2.43. The molecule has 5 nitrogen and oxygen atoms in total. The van der Waals surface area contributed by atoms with Gasteiger partial charge in [0.25, 0.3) is 5.91 Å². The van der Waals surface area contributed by atoms with E-state index >= 15 is 0 Å². The summed E-state index contributed by atoms with van der Waals surface area (Å²) in [7, 11) is 1.77. The molecule has 0 saturated heterocycles. The van der Waals surface area contributed by atoms with Crippen LogP contribution >= 0.6 is 0 Å². The van der Waals surface area contributed by atoms with Crippen LogP contribution in [0.25, 0.3) is 0 Å². The number of para-hydroxylation sites is 1. The van der Waals surface area contributed by atoms with Crippen molar-refractivity contribution < 1.29 is 4.79 Å². The highest BCUT2D eigenvalue weighted by Crippen LogP contribution is 2.08. The maximum Gasteiger partial charge on any atom is 0.289 e. The third-order valence-corrected chi connectivity index (χ3v) is 2.43. The van der Waals surface area contributed by atoms with Crippen LogP contribution in [0.1, 0.15) is 16.2 Å². The second kappa shape index (κ2) is 5.27. The Bertz CT molecular complexity index is 524. The Morgan fingerprint density at radius 1 is 1.17 bits per heavy atom. The Balaban J connectivity index is 2.06. The van der Waals surface area contributed by atoms with E-state index in [1.165, 1.54) is 6.20 Å². The van der Waals surface area contributed by atoms with Crippen LogP contribution in [0, 0.1) is 6.92 Å². The Morgan fingerprint density at radius 3 is 2.50 bits per heavy atom. The zero-order valence-electron chi connectivity index (χ0n) is 10.3. The van der Waals surface area contributed by atoms with Crippen LogP contribution in [0.5, 0.6) is 0 Å². The van der Waals surface area contributed by atoms with Crippen molar-refractivity contribution in [3.63, 3.8) is 0 Å². The molecular weight excluding hydrogens is 228 g/mol. The molecule has 2 rings (SSSR count). The highest BCUT2D eigenvalue weighted by molar-refractivity contribution is 5.92. The van der Waals surface area contributed by atoms with Gasteiger partial charge in [0, 0.05) is 13.2 Å². The fourth-order valence-corrected chi connectivity index (χ4v) is 1.44. The number of hydrazine groups is 1. The number of benzene rings is 1. The average Bonchev–Trinajstić information content (AvgIpc) is 2.40. The average molecular weight is 242 g/mol. The summed E-state index contributed by atoms with van der Waals surface area (Å²) in [5.74, 6) is -0.283. The Morgan fingerprint density at radius 2 is 1.89 bits per heavy atom. The summed E-state index contributed by atoms with van der Waals surface area (Å²) in [5.41, 5.74) is 4.69. The number of amides is 1. The molecule has 0 spiro atoms. The smallest absolute Gasteiger partial charge is 0.288 e. The van der Waals surface area contributed by atoms with Crippen molar-refractivity contribution >= 4 is 11.6 Å². The molecule has 1 aromatic carbocycles. The Labute approximate surface area is 105 Å². The molecule has 1 heterocycles. The SMILES string of the molecule is Cc1cnc(C(=O)NN(C)c2ccccc2)cn1. The molecule has 0 bridgehead atoms. The number of rotatable bonds is 3. The normalized spacial score (nSPS) is 9.89. The second-order valence-electron chi connectivity index (χ2n) is 3.88. The molecule has 2 aromatic rings. The van der Waals surface area contributed by atoms with E-state index in [1.807, 2.05) is 37.3 Å². The van der Waals surface area contributed by atoms with Gasteiger partial charge in [0.1, 0.15) is 5.69 Å². The summed E-state index contributed by atoms with van der Waals surface area (Å²) in [6.07, 6.45) is 3.03. The van der Waals surface area contributed by atoms with Gasteiger partial charge in [0.05, 0.1) is 17.6 Å². The van der Waals surface area contributed by atoms with E-state index < -0.39 is 0 Å². The molecule has 1 N–H and O–H groups in total. The van der Waals surface area contributed by atoms with Crippen molar-refractivity contribution in [3.05, 3.63) is 54.1 Å². The van der Waals surface area contributed by atoms with E-state index in [-0.39, 0.29) is 5.91 Å². The van der Waals surface area contributed by atoms with Gasteiger partial charge in [0.15, 0.2) is 0 Å².